The van der Waals surface area contributed by atoms with Crippen molar-refractivity contribution in [2.24, 2.45) is 0 Å². The number of likely N-dealkylation sites (N-methyl/N-ethyl adjacent to an activating group) is 1. The highest BCUT2D eigenvalue weighted by atomic mass is 16.5. The number of hydrogen-bond acceptors (Lipinski definition) is 6. The smallest absolute Gasteiger partial charge is 0.390 e. The molecule has 1 aromatic heterocycles. The van der Waals surface area contributed by atoms with Gasteiger partial charge in [-0.15, -0.1) is 0 Å². The van der Waals surface area contributed by atoms with Gasteiger partial charge in [-0.2, -0.15) is 0 Å². The summed E-state index contributed by atoms with van der Waals surface area (Å²) in [6, 6.07) is 9.74. The Morgan fingerprint density at radius 3 is 2.60 bits per heavy atom. The van der Waals surface area contributed by atoms with Gasteiger partial charge in [0.2, 0.25) is 0 Å². The van der Waals surface area contributed by atoms with Crippen LogP contribution in [0.3, 0.4) is 0 Å². The number of β-amino-alcohol motifs (C(OH)–C–C–N with tert-alkyl or cyclic N) is 1. The van der Waals surface area contributed by atoms with Crippen LogP contribution in [0.2, 0.25) is 0 Å². The molecule has 1 aromatic carbocycles. The maximum atomic E-state index is 11.9. The SMILES string of the molecule is CN1CCN(CC(O)Cn2c(/C=C/c3ccccc3)noc2=O)CC1. The van der Waals surface area contributed by atoms with E-state index in [-0.39, 0.29) is 6.54 Å². The Bertz CT molecular complexity index is 745. The highest BCUT2D eigenvalue weighted by molar-refractivity contribution is 5.66. The molecule has 1 fully saturated rings. The van der Waals surface area contributed by atoms with Gasteiger partial charge in [0, 0.05) is 32.7 Å². The summed E-state index contributed by atoms with van der Waals surface area (Å²) in [7, 11) is 2.09. The lowest BCUT2D eigenvalue weighted by Crippen LogP contribution is -2.47. The fourth-order valence-corrected chi connectivity index (χ4v) is 2.90. The van der Waals surface area contributed by atoms with Crippen molar-refractivity contribution in [3.05, 3.63) is 52.3 Å². The number of piperazine rings is 1. The van der Waals surface area contributed by atoms with Crippen molar-refractivity contribution in [3.63, 3.8) is 0 Å². The predicted molar refractivity (Wildman–Crippen MR) is 96.1 cm³/mol. The van der Waals surface area contributed by atoms with Gasteiger partial charge < -0.3 is 10.0 Å². The molecule has 2 aromatic rings. The van der Waals surface area contributed by atoms with Gasteiger partial charge >= 0.3 is 5.76 Å². The molecule has 0 radical (unpaired) electrons. The number of aliphatic hydroxyl groups excluding tert-OH is 1. The third kappa shape index (κ3) is 4.88. The third-order valence-electron chi connectivity index (χ3n) is 4.40. The van der Waals surface area contributed by atoms with Gasteiger partial charge in [-0.1, -0.05) is 41.6 Å². The molecule has 1 N–H and O–H groups in total. The van der Waals surface area contributed by atoms with E-state index >= 15 is 0 Å². The Kier molecular flexibility index (Phi) is 5.80. The summed E-state index contributed by atoms with van der Waals surface area (Å²) < 4.78 is 6.14. The van der Waals surface area contributed by atoms with E-state index in [1.807, 2.05) is 36.4 Å². The van der Waals surface area contributed by atoms with Crippen molar-refractivity contribution >= 4 is 12.2 Å². The van der Waals surface area contributed by atoms with Crippen LogP contribution in [0.1, 0.15) is 11.4 Å². The van der Waals surface area contributed by atoms with Crippen molar-refractivity contribution in [1.82, 2.24) is 19.5 Å². The first-order chi connectivity index (χ1) is 12.1. The van der Waals surface area contributed by atoms with E-state index in [9.17, 15) is 9.90 Å². The molecular weight excluding hydrogens is 320 g/mol. The molecule has 1 atom stereocenters. The molecule has 134 valence electrons. The van der Waals surface area contributed by atoms with Gasteiger partial charge in [0.25, 0.3) is 0 Å². The Labute approximate surface area is 146 Å². The van der Waals surface area contributed by atoms with Crippen LogP contribution in [0.15, 0.2) is 39.6 Å². The summed E-state index contributed by atoms with van der Waals surface area (Å²) in [6.07, 6.45) is 2.94. The minimum atomic E-state index is -0.649. The number of benzene rings is 1. The second kappa shape index (κ2) is 8.24. The summed E-state index contributed by atoms with van der Waals surface area (Å²) in [5, 5.41) is 14.2. The molecule has 1 unspecified atom stereocenters. The van der Waals surface area contributed by atoms with Crippen LogP contribution in [0.25, 0.3) is 12.2 Å². The van der Waals surface area contributed by atoms with Crippen LogP contribution in [-0.4, -0.2) is 70.5 Å². The molecule has 0 bridgehead atoms. The van der Waals surface area contributed by atoms with Crippen LogP contribution in [0, 0.1) is 0 Å². The van der Waals surface area contributed by atoms with Crippen molar-refractivity contribution in [3.8, 4) is 0 Å². The van der Waals surface area contributed by atoms with Crippen molar-refractivity contribution in [1.29, 1.82) is 0 Å². The van der Waals surface area contributed by atoms with Gasteiger partial charge in [0.1, 0.15) is 0 Å². The summed E-state index contributed by atoms with van der Waals surface area (Å²) in [6.45, 7) is 4.53. The molecule has 0 amide bonds. The van der Waals surface area contributed by atoms with E-state index < -0.39 is 11.9 Å². The van der Waals surface area contributed by atoms with Gasteiger partial charge in [-0.05, 0) is 18.7 Å². The molecule has 7 heteroatoms. The van der Waals surface area contributed by atoms with E-state index in [1.165, 1.54) is 4.57 Å². The van der Waals surface area contributed by atoms with Crippen LogP contribution < -0.4 is 5.76 Å². The van der Waals surface area contributed by atoms with Gasteiger partial charge in [-0.25, -0.2) is 4.79 Å². The maximum absolute atomic E-state index is 11.9. The molecule has 3 rings (SSSR count). The second-order valence-corrected chi connectivity index (χ2v) is 6.42. The predicted octanol–water partition coefficient (Wildman–Crippen LogP) is 0.615. The zero-order chi connectivity index (χ0) is 17.6. The van der Waals surface area contributed by atoms with Crippen LogP contribution in [0.4, 0.5) is 0 Å². The van der Waals surface area contributed by atoms with E-state index in [0.717, 1.165) is 31.7 Å². The lowest BCUT2D eigenvalue weighted by Gasteiger charge is -2.33. The summed E-state index contributed by atoms with van der Waals surface area (Å²) >= 11 is 0. The molecule has 0 aliphatic carbocycles. The summed E-state index contributed by atoms with van der Waals surface area (Å²) in [5.41, 5.74) is 1.00. The van der Waals surface area contributed by atoms with Crippen molar-refractivity contribution < 1.29 is 9.63 Å². The Balaban J connectivity index is 1.63. The average Bonchev–Trinajstić information content (AvgIpc) is 2.96. The van der Waals surface area contributed by atoms with E-state index in [2.05, 4.69) is 22.0 Å². The molecular formula is C18H24N4O3. The highest BCUT2D eigenvalue weighted by Crippen LogP contribution is 2.07. The van der Waals surface area contributed by atoms with Gasteiger partial charge in [0.15, 0.2) is 5.82 Å². The number of aromatic nitrogens is 2. The van der Waals surface area contributed by atoms with Crippen LogP contribution in [-0.2, 0) is 6.54 Å². The number of aliphatic hydroxyl groups is 1. The second-order valence-electron chi connectivity index (χ2n) is 6.42. The lowest BCUT2D eigenvalue weighted by molar-refractivity contribution is 0.0698. The first-order valence-electron chi connectivity index (χ1n) is 8.50. The Morgan fingerprint density at radius 1 is 1.16 bits per heavy atom. The normalized spacial score (nSPS) is 18.0. The van der Waals surface area contributed by atoms with Crippen molar-refractivity contribution in [2.45, 2.75) is 12.6 Å². The lowest BCUT2D eigenvalue weighted by atomic mass is 10.2. The molecule has 0 saturated carbocycles. The largest absolute Gasteiger partial charge is 0.441 e. The quantitative estimate of drug-likeness (QED) is 0.828. The van der Waals surface area contributed by atoms with Gasteiger partial charge in [0.05, 0.1) is 12.6 Å². The number of hydrogen-bond donors (Lipinski definition) is 1. The molecule has 25 heavy (non-hydrogen) atoms. The zero-order valence-corrected chi connectivity index (χ0v) is 14.4. The van der Waals surface area contributed by atoms with E-state index in [4.69, 9.17) is 4.52 Å². The third-order valence-corrected chi connectivity index (χ3v) is 4.40. The van der Waals surface area contributed by atoms with Gasteiger partial charge in [-0.3, -0.25) is 14.0 Å². The van der Waals surface area contributed by atoms with Crippen LogP contribution >= 0.6 is 0 Å². The number of nitrogens with zero attached hydrogens (tertiary/aromatic N) is 4. The van der Waals surface area contributed by atoms with Crippen LogP contribution in [0.5, 0.6) is 0 Å². The molecule has 1 aliphatic rings. The fraction of sp³-hybridized carbons (Fsp3) is 0.444. The molecule has 0 spiro atoms. The monoisotopic (exact) mass is 344 g/mol. The summed E-state index contributed by atoms with van der Waals surface area (Å²) in [5.74, 6) is -0.142. The maximum Gasteiger partial charge on any atom is 0.441 e. The highest BCUT2D eigenvalue weighted by Gasteiger charge is 2.19. The fourth-order valence-electron chi connectivity index (χ4n) is 2.90. The Morgan fingerprint density at radius 2 is 1.88 bits per heavy atom. The molecule has 1 aliphatic heterocycles. The number of rotatable bonds is 6. The molecule has 2 heterocycles. The molecule has 1 saturated heterocycles. The topological polar surface area (TPSA) is 74.7 Å². The molecule has 7 nitrogen and oxygen atoms in total. The first kappa shape index (κ1) is 17.6. The first-order valence-corrected chi connectivity index (χ1v) is 8.50. The standard InChI is InChI=1S/C18H24N4O3/c1-20-9-11-21(12-10-20)13-16(23)14-22-17(19-25-18(22)24)8-7-15-5-3-2-4-6-15/h2-8,16,23H,9-14H2,1H3/b8-7+. The van der Waals surface area contributed by atoms with E-state index in [1.54, 1.807) is 6.08 Å². The minimum absolute atomic E-state index is 0.170. The zero-order valence-electron chi connectivity index (χ0n) is 14.4. The average molecular weight is 344 g/mol. The Hall–Kier alpha value is -2.22. The summed E-state index contributed by atoms with van der Waals surface area (Å²) in [4.78, 5) is 16.4. The minimum Gasteiger partial charge on any atom is -0.390 e. The van der Waals surface area contributed by atoms with Crippen molar-refractivity contribution in [2.75, 3.05) is 39.8 Å². The van der Waals surface area contributed by atoms with E-state index in [0.29, 0.717) is 12.4 Å².